The molecule has 2 heteroatoms. The van der Waals surface area contributed by atoms with E-state index in [9.17, 15) is 9.90 Å². The molecule has 0 aromatic heterocycles. The number of benzene rings is 1. The van der Waals surface area contributed by atoms with E-state index in [1.54, 1.807) is 6.08 Å². The molecule has 2 rings (SSSR count). The van der Waals surface area contributed by atoms with E-state index >= 15 is 0 Å². The van der Waals surface area contributed by atoms with E-state index in [0.717, 1.165) is 21.6 Å². The summed E-state index contributed by atoms with van der Waals surface area (Å²) in [4.78, 5) is 11.4. The standard InChI is InChI=1S/C16H16O2/c1-4-10(2)14-9-11(3)15(16(17)18)13-8-6-5-7-12(13)14/h4-8,11H,1-2,9H2,3H3,(H,17,18). The SMILES string of the molecule is C=CC(=C)C1=c2ccccc2=C(C(=O)O)C(C)C1. The summed E-state index contributed by atoms with van der Waals surface area (Å²) < 4.78 is 0. The lowest BCUT2D eigenvalue weighted by atomic mass is 9.83. The molecule has 92 valence electrons. The number of hydrogen-bond donors (Lipinski definition) is 1. The highest BCUT2D eigenvalue weighted by Crippen LogP contribution is 2.26. The number of carboxylic acids is 1. The van der Waals surface area contributed by atoms with Gasteiger partial charge in [0.05, 0.1) is 0 Å². The van der Waals surface area contributed by atoms with Crippen LogP contribution in [0.15, 0.2) is 49.1 Å². The largest absolute Gasteiger partial charge is 0.478 e. The van der Waals surface area contributed by atoms with Crippen molar-refractivity contribution in [2.24, 2.45) is 5.92 Å². The van der Waals surface area contributed by atoms with Crippen molar-refractivity contribution in [3.8, 4) is 0 Å². The Hall–Kier alpha value is -2.09. The minimum Gasteiger partial charge on any atom is -0.478 e. The first-order valence-corrected chi connectivity index (χ1v) is 5.93. The van der Waals surface area contributed by atoms with Crippen LogP contribution in [0.4, 0.5) is 0 Å². The Kier molecular flexibility index (Phi) is 3.19. The van der Waals surface area contributed by atoms with Crippen LogP contribution in [-0.2, 0) is 4.79 Å². The second-order valence-electron chi connectivity index (χ2n) is 4.58. The normalized spacial score (nSPS) is 18.2. The van der Waals surface area contributed by atoms with Crippen molar-refractivity contribution >= 4 is 17.1 Å². The van der Waals surface area contributed by atoms with Crippen LogP contribution >= 0.6 is 0 Å². The van der Waals surface area contributed by atoms with Crippen molar-refractivity contribution in [3.05, 3.63) is 59.5 Å². The van der Waals surface area contributed by atoms with Gasteiger partial charge in [0.15, 0.2) is 0 Å². The van der Waals surface area contributed by atoms with Crippen LogP contribution in [0.5, 0.6) is 0 Å². The lowest BCUT2D eigenvalue weighted by molar-refractivity contribution is -0.130. The molecule has 0 radical (unpaired) electrons. The highest BCUT2D eigenvalue weighted by atomic mass is 16.4. The number of hydrogen-bond acceptors (Lipinski definition) is 1. The van der Waals surface area contributed by atoms with Crippen molar-refractivity contribution < 1.29 is 9.90 Å². The van der Waals surface area contributed by atoms with Gasteiger partial charge in [-0.3, -0.25) is 0 Å². The van der Waals surface area contributed by atoms with Crippen LogP contribution in [0.2, 0.25) is 0 Å². The first-order chi connectivity index (χ1) is 8.56. The number of carbonyl (C=O) groups is 1. The number of rotatable bonds is 3. The number of fused-ring (bicyclic) bond motifs is 1. The summed E-state index contributed by atoms with van der Waals surface area (Å²) in [6.07, 6.45) is 2.42. The van der Waals surface area contributed by atoms with Crippen molar-refractivity contribution in [2.45, 2.75) is 13.3 Å². The Morgan fingerprint density at radius 3 is 2.56 bits per heavy atom. The van der Waals surface area contributed by atoms with Gasteiger partial charge in [-0.2, -0.15) is 0 Å². The first-order valence-electron chi connectivity index (χ1n) is 5.93. The van der Waals surface area contributed by atoms with Gasteiger partial charge in [0.2, 0.25) is 0 Å². The van der Waals surface area contributed by atoms with Crippen LogP contribution in [0.1, 0.15) is 13.3 Å². The quantitative estimate of drug-likeness (QED) is 0.819. The average molecular weight is 240 g/mol. The lowest BCUT2D eigenvalue weighted by Crippen LogP contribution is -2.37. The molecule has 1 N–H and O–H groups in total. The number of aliphatic carboxylic acids is 1. The van der Waals surface area contributed by atoms with Gasteiger partial charge in [0, 0.05) is 5.57 Å². The zero-order valence-corrected chi connectivity index (χ0v) is 10.4. The third-order valence-electron chi connectivity index (χ3n) is 3.41. The van der Waals surface area contributed by atoms with Crippen LogP contribution in [-0.4, -0.2) is 11.1 Å². The molecule has 0 saturated heterocycles. The van der Waals surface area contributed by atoms with Gasteiger partial charge in [-0.15, -0.1) is 0 Å². The maximum absolute atomic E-state index is 11.4. The zero-order chi connectivity index (χ0) is 13.3. The molecule has 0 amide bonds. The van der Waals surface area contributed by atoms with Crippen LogP contribution < -0.4 is 10.4 Å². The fraction of sp³-hybridized carbons (Fsp3) is 0.188. The van der Waals surface area contributed by atoms with Gasteiger partial charge in [-0.05, 0) is 33.9 Å². The summed E-state index contributed by atoms with van der Waals surface area (Å²) in [5, 5.41) is 11.1. The van der Waals surface area contributed by atoms with E-state index in [-0.39, 0.29) is 5.92 Å². The maximum Gasteiger partial charge on any atom is 0.332 e. The molecule has 0 bridgehead atoms. The Morgan fingerprint density at radius 2 is 2.00 bits per heavy atom. The van der Waals surface area contributed by atoms with E-state index < -0.39 is 5.97 Å². The molecule has 1 aromatic carbocycles. The second kappa shape index (κ2) is 4.65. The summed E-state index contributed by atoms with van der Waals surface area (Å²) in [5.74, 6) is -0.845. The predicted octanol–water partition coefficient (Wildman–Crippen LogP) is 1.85. The van der Waals surface area contributed by atoms with E-state index in [0.29, 0.717) is 12.0 Å². The van der Waals surface area contributed by atoms with Crippen LogP contribution in [0.25, 0.3) is 11.1 Å². The Bertz CT molecular complexity index is 650. The fourth-order valence-corrected chi connectivity index (χ4v) is 2.52. The molecule has 1 aliphatic carbocycles. The maximum atomic E-state index is 11.4. The zero-order valence-electron chi connectivity index (χ0n) is 10.4. The highest BCUT2D eigenvalue weighted by molar-refractivity contribution is 6.10. The van der Waals surface area contributed by atoms with Crippen molar-refractivity contribution in [1.82, 2.24) is 0 Å². The topological polar surface area (TPSA) is 37.3 Å². The highest BCUT2D eigenvalue weighted by Gasteiger charge is 2.23. The Balaban J connectivity index is 2.93. The molecule has 18 heavy (non-hydrogen) atoms. The van der Waals surface area contributed by atoms with Crippen LogP contribution in [0, 0.1) is 5.92 Å². The molecule has 0 spiro atoms. The van der Waals surface area contributed by atoms with Gasteiger partial charge in [-0.1, -0.05) is 50.4 Å². The summed E-state index contributed by atoms with van der Waals surface area (Å²) in [6.45, 7) is 9.67. The third kappa shape index (κ3) is 1.90. The Morgan fingerprint density at radius 1 is 1.39 bits per heavy atom. The summed E-state index contributed by atoms with van der Waals surface area (Å²) in [5.41, 5.74) is 2.46. The van der Waals surface area contributed by atoms with Gasteiger partial charge < -0.3 is 5.11 Å². The fourth-order valence-electron chi connectivity index (χ4n) is 2.52. The number of allylic oxidation sites excluding steroid dienone is 2. The van der Waals surface area contributed by atoms with E-state index in [1.165, 1.54) is 0 Å². The van der Waals surface area contributed by atoms with Crippen LogP contribution in [0.3, 0.4) is 0 Å². The van der Waals surface area contributed by atoms with E-state index in [2.05, 4.69) is 13.2 Å². The molecule has 1 atom stereocenters. The minimum atomic E-state index is -0.835. The summed E-state index contributed by atoms with van der Waals surface area (Å²) in [7, 11) is 0. The van der Waals surface area contributed by atoms with E-state index in [1.807, 2.05) is 31.2 Å². The van der Waals surface area contributed by atoms with E-state index in [4.69, 9.17) is 0 Å². The molecule has 0 heterocycles. The number of carboxylic acid groups (broad SMARTS) is 1. The molecular weight excluding hydrogens is 224 g/mol. The van der Waals surface area contributed by atoms with Gasteiger partial charge in [0.25, 0.3) is 0 Å². The summed E-state index contributed by atoms with van der Waals surface area (Å²) >= 11 is 0. The molecule has 1 unspecified atom stereocenters. The lowest BCUT2D eigenvalue weighted by Gasteiger charge is -2.21. The molecule has 1 aliphatic rings. The van der Waals surface area contributed by atoms with Crippen molar-refractivity contribution in [2.75, 3.05) is 0 Å². The summed E-state index contributed by atoms with van der Waals surface area (Å²) in [6, 6.07) is 7.61. The average Bonchev–Trinajstić information content (AvgIpc) is 2.36. The second-order valence-corrected chi connectivity index (χ2v) is 4.58. The minimum absolute atomic E-state index is 0.0101. The predicted molar refractivity (Wildman–Crippen MR) is 73.3 cm³/mol. The van der Waals surface area contributed by atoms with Crippen molar-refractivity contribution in [1.29, 1.82) is 0 Å². The molecule has 0 aliphatic heterocycles. The van der Waals surface area contributed by atoms with Gasteiger partial charge >= 0.3 is 5.97 Å². The molecule has 0 fully saturated rings. The van der Waals surface area contributed by atoms with Gasteiger partial charge in [-0.25, -0.2) is 4.79 Å². The van der Waals surface area contributed by atoms with Crippen molar-refractivity contribution in [3.63, 3.8) is 0 Å². The molecule has 2 nitrogen and oxygen atoms in total. The Labute approximate surface area is 106 Å². The smallest absolute Gasteiger partial charge is 0.332 e. The van der Waals surface area contributed by atoms with Gasteiger partial charge in [0.1, 0.15) is 0 Å². The molecular formula is C16H16O2. The monoisotopic (exact) mass is 240 g/mol. The molecule has 1 aromatic rings. The first kappa shape index (κ1) is 12.4. The molecule has 0 saturated carbocycles. The third-order valence-corrected chi connectivity index (χ3v) is 3.41.